The van der Waals surface area contributed by atoms with E-state index in [1.54, 1.807) is 0 Å². The first kappa shape index (κ1) is 42.5. The second-order valence-corrected chi connectivity index (χ2v) is 44.4. The summed E-state index contributed by atoms with van der Waals surface area (Å²) in [5.74, 6) is 0. The van der Waals surface area contributed by atoms with Gasteiger partial charge >= 0.3 is 9.29 Å². The summed E-state index contributed by atoms with van der Waals surface area (Å²) in [6.45, 7) is 37.7. The van der Waals surface area contributed by atoms with Gasteiger partial charge in [0.1, 0.15) is 0 Å². The van der Waals surface area contributed by atoms with Crippen molar-refractivity contribution in [3.63, 3.8) is 0 Å². The zero-order valence-electron chi connectivity index (χ0n) is 27.3. The van der Waals surface area contributed by atoms with Gasteiger partial charge in [0.25, 0.3) is 7.72 Å². The molecule has 0 aromatic heterocycles. The van der Waals surface area contributed by atoms with E-state index in [-0.39, 0.29) is 10.8 Å². The van der Waals surface area contributed by atoms with Crippen molar-refractivity contribution in [1.82, 2.24) is 0 Å². The lowest BCUT2D eigenvalue weighted by molar-refractivity contribution is 0.0946. The Morgan fingerprint density at radius 2 is 1.46 bits per heavy atom. The summed E-state index contributed by atoms with van der Waals surface area (Å²) < 4.78 is 45.7. The summed E-state index contributed by atoms with van der Waals surface area (Å²) in [7, 11) is -7.83. The maximum Gasteiger partial charge on any atom is 0.549 e. The topological polar surface area (TPSA) is 78.9 Å². The van der Waals surface area contributed by atoms with E-state index in [0.29, 0.717) is 5.54 Å². The van der Waals surface area contributed by atoms with E-state index < -0.39 is 68.8 Å². The summed E-state index contributed by atoms with van der Waals surface area (Å²) >= 11 is 0. The molecule has 0 bridgehead atoms. The largest absolute Gasteiger partial charge is 0.549 e. The fourth-order valence-corrected chi connectivity index (χ4v) is 21.9. The van der Waals surface area contributed by atoms with Gasteiger partial charge in [0, 0.05) is 11.8 Å². The van der Waals surface area contributed by atoms with Crippen LogP contribution in [-0.2, 0) is 26.7 Å². The average Bonchev–Trinajstić information content (AvgIpc) is 2.66. The zero-order chi connectivity index (χ0) is 30.3. The smallest absolute Gasteiger partial charge is 0.420 e. The quantitative estimate of drug-likeness (QED) is 0.348. The molecule has 6 nitrogen and oxygen atoms in total. The molecular weight excluding hydrogens is 597 g/mol. The molecule has 1 aliphatic heterocycles. The Labute approximate surface area is 243 Å². The van der Waals surface area contributed by atoms with Crippen LogP contribution in [0.2, 0.25) is 83.6 Å². The van der Waals surface area contributed by atoms with Crippen LogP contribution in [-0.4, -0.2) is 86.3 Å². The SMILES string of the molecule is CC(C(C)(C)O[Si](C)(C)C)[Si](C)(C)C.C[SiH](C)OC(C)(C)[SiH](C)C.C[SiH]1CCCCO[SiH2][Si]1=O.O=[Si]=O. The van der Waals surface area contributed by atoms with Crippen molar-refractivity contribution in [3.05, 3.63) is 0 Å². The van der Waals surface area contributed by atoms with Crippen molar-refractivity contribution in [1.29, 1.82) is 0 Å². The highest BCUT2D eigenvalue weighted by atomic mass is 29.6. The summed E-state index contributed by atoms with van der Waals surface area (Å²) in [4.78, 5) is 0. The Morgan fingerprint density at radius 1 is 1.00 bits per heavy atom. The molecule has 222 valence electrons. The zero-order valence-corrected chi connectivity index (χ0v) is 36.2. The van der Waals surface area contributed by atoms with Gasteiger partial charge in [-0.25, -0.2) is 0 Å². The van der Waals surface area contributed by atoms with Crippen molar-refractivity contribution < 1.29 is 26.7 Å². The highest BCUT2D eigenvalue weighted by Crippen LogP contribution is 2.37. The molecular formula is C23H62O6Si8. The Balaban J connectivity index is -0.000000451. The van der Waals surface area contributed by atoms with Crippen molar-refractivity contribution in [2.75, 3.05) is 6.61 Å². The lowest BCUT2D eigenvalue weighted by Crippen LogP contribution is -2.47. The van der Waals surface area contributed by atoms with Gasteiger partial charge in [0.2, 0.25) is 9.28 Å². The van der Waals surface area contributed by atoms with Gasteiger partial charge in [-0.2, -0.15) is 0 Å². The van der Waals surface area contributed by atoms with E-state index in [2.05, 4.69) is 107 Å². The van der Waals surface area contributed by atoms with Crippen molar-refractivity contribution in [2.24, 2.45) is 0 Å². The Morgan fingerprint density at radius 3 is 1.78 bits per heavy atom. The summed E-state index contributed by atoms with van der Waals surface area (Å²) in [6, 6.07) is 1.30. The van der Waals surface area contributed by atoms with Crippen LogP contribution in [0.1, 0.15) is 47.5 Å². The molecule has 1 saturated heterocycles. The molecule has 0 N–H and O–H groups in total. The van der Waals surface area contributed by atoms with Gasteiger partial charge in [-0.3, -0.25) is 8.92 Å². The monoisotopic (exact) mass is 658 g/mol. The second-order valence-electron chi connectivity index (χ2n) is 13.8. The third-order valence-electron chi connectivity index (χ3n) is 6.81. The minimum atomic E-state index is -1.42. The van der Waals surface area contributed by atoms with Gasteiger partial charge in [-0.05, 0) is 72.4 Å². The molecule has 37 heavy (non-hydrogen) atoms. The van der Waals surface area contributed by atoms with Crippen LogP contribution < -0.4 is 0 Å². The number of hydrogen-bond donors (Lipinski definition) is 0. The van der Waals surface area contributed by atoms with Gasteiger partial charge in [-0.15, -0.1) is 0 Å². The third-order valence-corrected chi connectivity index (χ3v) is 32.1. The highest BCUT2D eigenvalue weighted by molar-refractivity contribution is 7.37. The first-order chi connectivity index (χ1) is 16.4. The highest BCUT2D eigenvalue weighted by Gasteiger charge is 2.39. The van der Waals surface area contributed by atoms with E-state index in [0.717, 1.165) is 6.61 Å². The summed E-state index contributed by atoms with van der Waals surface area (Å²) in [5, 5.41) is 0.223. The molecule has 1 aliphatic rings. The van der Waals surface area contributed by atoms with Crippen LogP contribution in [0.4, 0.5) is 0 Å². The Hall–Kier alpha value is 1.02. The molecule has 1 heterocycles. The van der Waals surface area contributed by atoms with Crippen LogP contribution in [0.3, 0.4) is 0 Å². The molecule has 0 radical (unpaired) electrons. The molecule has 0 spiro atoms. The van der Waals surface area contributed by atoms with Crippen LogP contribution >= 0.6 is 0 Å². The minimum Gasteiger partial charge on any atom is -0.420 e. The summed E-state index contributed by atoms with van der Waals surface area (Å²) in [5.41, 5.74) is 0.747. The van der Waals surface area contributed by atoms with E-state index in [1.165, 1.54) is 18.9 Å². The molecule has 1 rings (SSSR count). The van der Waals surface area contributed by atoms with Crippen molar-refractivity contribution >= 4 is 68.8 Å². The molecule has 2 atom stereocenters. The molecule has 0 amide bonds. The molecule has 1 fully saturated rings. The second kappa shape index (κ2) is 20.0. The standard InChI is InChI=1S/C11H28OSi2.C7H20OSi2.C5H14O2Si3.O2Si/c1-10(13(4,5)6)11(2,3)12-14(7,8)9;1-7(2,9(3)4)8-10(5)6;1-9-5-3-2-4-7-8-10(9)6;1-3-2/h10H,1-9H3;9-10H,1-6H3;9H,2-5,8H2,1H3;. The number of rotatable bonds is 7. The first-order valence-electron chi connectivity index (χ1n) is 13.9. The van der Waals surface area contributed by atoms with Gasteiger partial charge in [0.15, 0.2) is 17.4 Å². The lowest BCUT2D eigenvalue weighted by atomic mass is 10.1. The van der Waals surface area contributed by atoms with Crippen LogP contribution in [0.25, 0.3) is 0 Å². The van der Waals surface area contributed by atoms with Crippen LogP contribution in [0.15, 0.2) is 0 Å². The van der Waals surface area contributed by atoms with Crippen molar-refractivity contribution in [2.45, 2.75) is 142 Å². The average molecular weight is 659 g/mol. The molecule has 0 aromatic carbocycles. The fraction of sp³-hybridized carbons (Fsp3) is 1.00. The van der Waals surface area contributed by atoms with Gasteiger partial charge in [-0.1, -0.05) is 58.7 Å². The molecule has 0 saturated carbocycles. The van der Waals surface area contributed by atoms with E-state index in [9.17, 15) is 4.46 Å². The van der Waals surface area contributed by atoms with E-state index in [1.807, 2.05) is 0 Å². The minimum absolute atomic E-state index is 0.0505. The lowest BCUT2D eigenvalue weighted by Gasteiger charge is -2.43. The third kappa shape index (κ3) is 24.5. The van der Waals surface area contributed by atoms with E-state index >= 15 is 0 Å². The maximum absolute atomic E-state index is 11.4. The van der Waals surface area contributed by atoms with Crippen LogP contribution in [0, 0.1) is 0 Å². The predicted octanol–water partition coefficient (Wildman–Crippen LogP) is 5.25. The first-order valence-corrected chi connectivity index (χ1v) is 35.5. The van der Waals surface area contributed by atoms with Crippen molar-refractivity contribution in [3.8, 4) is 0 Å². The number of hydrogen-bond acceptors (Lipinski definition) is 6. The maximum atomic E-state index is 11.4. The van der Waals surface area contributed by atoms with E-state index in [4.69, 9.17) is 22.2 Å². The predicted molar refractivity (Wildman–Crippen MR) is 179 cm³/mol. The molecule has 0 aliphatic carbocycles. The van der Waals surface area contributed by atoms with Crippen LogP contribution in [0.5, 0.6) is 0 Å². The van der Waals surface area contributed by atoms with Gasteiger partial charge < -0.3 is 17.7 Å². The fourth-order valence-electron chi connectivity index (χ4n) is 3.79. The molecule has 2 unspecified atom stereocenters. The Bertz CT molecular complexity index is 655. The Kier molecular flexibility index (Phi) is 22.9. The molecule has 14 heteroatoms. The molecule has 0 aromatic rings. The summed E-state index contributed by atoms with van der Waals surface area (Å²) in [6.07, 6.45) is 2.47. The van der Waals surface area contributed by atoms with Gasteiger partial charge in [0.05, 0.1) is 30.8 Å². The normalized spacial score (nSPS) is 18.8.